The number of carbonyl (C=O) groups is 4. The molecule has 1 heterocycles. The van der Waals surface area contributed by atoms with E-state index in [1.54, 1.807) is 4.90 Å². The molecule has 8 nitrogen and oxygen atoms in total. The van der Waals surface area contributed by atoms with Gasteiger partial charge in [-0.3, -0.25) is 14.4 Å². The smallest absolute Gasteiger partial charge is 0.329 e. The Morgan fingerprint density at radius 3 is 2.21 bits per heavy atom. The molecule has 4 bridgehead atoms. The van der Waals surface area contributed by atoms with Gasteiger partial charge in [-0.1, -0.05) is 0 Å². The van der Waals surface area contributed by atoms with Gasteiger partial charge in [0.05, 0.1) is 12.0 Å². The second-order valence-electron chi connectivity index (χ2n) is 9.21. The zero-order valence-corrected chi connectivity index (χ0v) is 16.2. The highest BCUT2D eigenvalue weighted by Gasteiger charge is 2.56. The predicted molar refractivity (Wildman–Crippen MR) is 98.5 cm³/mol. The number of primary amides is 1. The largest absolute Gasteiger partial charge is 0.454 e. The van der Waals surface area contributed by atoms with Crippen molar-refractivity contribution in [3.05, 3.63) is 0 Å². The highest BCUT2D eigenvalue weighted by atomic mass is 16.5. The maximum Gasteiger partial charge on any atom is 0.329 e. The van der Waals surface area contributed by atoms with Crippen LogP contribution in [0.4, 0.5) is 0 Å². The Kier molecular flexibility index (Phi) is 5.05. The number of likely N-dealkylation sites (tertiary alicyclic amines) is 1. The van der Waals surface area contributed by atoms with E-state index in [1.807, 2.05) is 0 Å². The van der Waals surface area contributed by atoms with E-state index in [2.05, 4.69) is 5.32 Å². The van der Waals surface area contributed by atoms with Crippen molar-refractivity contribution >= 4 is 23.7 Å². The van der Waals surface area contributed by atoms with Crippen LogP contribution in [0.2, 0.25) is 0 Å². The molecule has 4 aliphatic carbocycles. The van der Waals surface area contributed by atoms with E-state index < -0.39 is 30.4 Å². The molecule has 28 heavy (non-hydrogen) atoms. The summed E-state index contributed by atoms with van der Waals surface area (Å²) in [5.74, 6) is 0.340. The fourth-order valence-corrected chi connectivity index (χ4v) is 6.40. The second-order valence-corrected chi connectivity index (χ2v) is 9.21. The van der Waals surface area contributed by atoms with E-state index in [0.29, 0.717) is 30.7 Å². The van der Waals surface area contributed by atoms with E-state index in [9.17, 15) is 19.2 Å². The summed E-state index contributed by atoms with van der Waals surface area (Å²) in [5.41, 5.74) is 4.68. The van der Waals surface area contributed by atoms with Crippen LogP contribution in [-0.4, -0.2) is 54.3 Å². The van der Waals surface area contributed by atoms with Crippen molar-refractivity contribution in [1.29, 1.82) is 0 Å². The maximum atomic E-state index is 13.5. The van der Waals surface area contributed by atoms with Gasteiger partial charge in [0.2, 0.25) is 11.8 Å². The minimum absolute atomic E-state index is 0.129. The van der Waals surface area contributed by atoms with Crippen LogP contribution < -0.4 is 11.1 Å². The fourth-order valence-electron chi connectivity index (χ4n) is 6.40. The molecule has 5 fully saturated rings. The number of carbonyl (C=O) groups excluding carboxylic acids is 4. The summed E-state index contributed by atoms with van der Waals surface area (Å²) in [6, 6.07) is -0.607. The van der Waals surface area contributed by atoms with Crippen molar-refractivity contribution in [3.8, 4) is 0 Å². The summed E-state index contributed by atoms with van der Waals surface area (Å²) >= 11 is 0. The van der Waals surface area contributed by atoms with Gasteiger partial charge >= 0.3 is 5.97 Å². The Labute approximate surface area is 164 Å². The van der Waals surface area contributed by atoms with Gasteiger partial charge in [-0.25, -0.2) is 4.79 Å². The number of nitrogens with zero attached hydrogens (tertiary/aromatic N) is 1. The van der Waals surface area contributed by atoms with Gasteiger partial charge in [-0.15, -0.1) is 0 Å². The maximum absolute atomic E-state index is 13.5. The third-order valence-corrected chi connectivity index (χ3v) is 7.08. The number of nitrogens with two attached hydrogens (primary N) is 1. The summed E-state index contributed by atoms with van der Waals surface area (Å²) in [4.78, 5) is 50.1. The highest BCUT2D eigenvalue weighted by molar-refractivity contribution is 5.90. The number of rotatable bonds is 6. The van der Waals surface area contributed by atoms with Crippen molar-refractivity contribution in [2.24, 2.45) is 28.9 Å². The number of hydrogen-bond acceptors (Lipinski definition) is 5. The quantitative estimate of drug-likeness (QED) is 0.633. The fraction of sp³-hybridized carbons (Fsp3) is 0.800. The van der Waals surface area contributed by atoms with Crippen LogP contribution in [0.15, 0.2) is 0 Å². The van der Waals surface area contributed by atoms with Crippen molar-refractivity contribution in [2.45, 2.75) is 57.4 Å². The summed E-state index contributed by atoms with van der Waals surface area (Å²) < 4.78 is 5.12. The first-order valence-corrected chi connectivity index (χ1v) is 10.4. The van der Waals surface area contributed by atoms with Crippen LogP contribution in [0, 0.1) is 23.2 Å². The molecule has 0 spiro atoms. The normalized spacial score (nSPS) is 35.6. The van der Waals surface area contributed by atoms with E-state index in [-0.39, 0.29) is 17.9 Å². The Bertz CT molecular complexity index is 656. The lowest BCUT2D eigenvalue weighted by atomic mass is 9.49. The number of esters is 1. The van der Waals surface area contributed by atoms with Gasteiger partial charge in [-0.2, -0.15) is 0 Å². The van der Waals surface area contributed by atoms with Gasteiger partial charge in [0.15, 0.2) is 6.61 Å². The Hall–Kier alpha value is -2.12. The van der Waals surface area contributed by atoms with Crippen LogP contribution in [0.3, 0.4) is 0 Å². The number of amides is 3. The average Bonchev–Trinajstić information content (AvgIpc) is 3.12. The molecule has 5 rings (SSSR count). The van der Waals surface area contributed by atoms with Gasteiger partial charge in [-0.05, 0) is 69.1 Å². The minimum atomic E-state index is -0.664. The van der Waals surface area contributed by atoms with E-state index in [0.717, 1.165) is 25.7 Å². The zero-order chi connectivity index (χ0) is 19.9. The molecular formula is C20H29N3O5. The molecule has 1 aliphatic heterocycles. The lowest BCUT2D eigenvalue weighted by Crippen LogP contribution is -2.56. The molecule has 0 aromatic carbocycles. The molecule has 1 atom stereocenters. The standard InChI is InChI=1S/C20H29N3O5/c21-16(24)10-22-17(25)11-28-18(26)15-2-1-3-23(15)19(27)20-7-12-4-13(8-20)6-14(5-12)9-20/h12-15H,1-11H2,(H2,21,24)(H,22,25)/t12?,13?,14?,15-,20?/m1/s1. The lowest BCUT2D eigenvalue weighted by molar-refractivity contribution is -0.166. The SMILES string of the molecule is NC(=O)CNC(=O)COC(=O)[C@H]1CCCN1C(=O)C12CC3CC(CC(C3)C1)C2. The molecule has 5 aliphatic rings. The van der Waals surface area contributed by atoms with Crippen molar-refractivity contribution in [2.75, 3.05) is 19.7 Å². The second kappa shape index (κ2) is 7.37. The van der Waals surface area contributed by atoms with Crippen LogP contribution in [0.1, 0.15) is 51.4 Å². The van der Waals surface area contributed by atoms with E-state index in [1.165, 1.54) is 19.3 Å². The number of ether oxygens (including phenoxy) is 1. The van der Waals surface area contributed by atoms with Crippen LogP contribution in [0.5, 0.6) is 0 Å². The third-order valence-electron chi connectivity index (χ3n) is 7.08. The molecule has 4 saturated carbocycles. The molecule has 3 N–H and O–H groups in total. The van der Waals surface area contributed by atoms with Crippen molar-refractivity contribution in [1.82, 2.24) is 10.2 Å². The summed E-state index contributed by atoms with van der Waals surface area (Å²) in [6.45, 7) is -0.188. The summed E-state index contributed by atoms with van der Waals surface area (Å²) in [5, 5.41) is 2.28. The molecule has 154 valence electrons. The molecule has 3 amide bonds. The Morgan fingerprint density at radius 2 is 1.64 bits per heavy atom. The first-order chi connectivity index (χ1) is 13.4. The first-order valence-electron chi connectivity index (χ1n) is 10.4. The summed E-state index contributed by atoms with van der Waals surface area (Å²) in [7, 11) is 0. The monoisotopic (exact) mass is 391 g/mol. The van der Waals surface area contributed by atoms with Gasteiger partial charge in [0, 0.05) is 6.54 Å². The van der Waals surface area contributed by atoms with Crippen LogP contribution >= 0.6 is 0 Å². The Balaban J connectivity index is 1.37. The number of hydrogen-bond donors (Lipinski definition) is 2. The molecule has 0 aromatic heterocycles. The molecule has 0 radical (unpaired) electrons. The average molecular weight is 391 g/mol. The molecule has 0 unspecified atom stereocenters. The molecule has 8 heteroatoms. The number of nitrogens with one attached hydrogen (secondary N) is 1. The summed E-state index contributed by atoms with van der Waals surface area (Å²) in [6.07, 6.45) is 8.02. The minimum Gasteiger partial charge on any atom is -0.454 e. The zero-order valence-electron chi connectivity index (χ0n) is 16.2. The van der Waals surface area contributed by atoms with Gasteiger partial charge < -0.3 is 20.7 Å². The van der Waals surface area contributed by atoms with Gasteiger partial charge in [0.25, 0.3) is 5.91 Å². The van der Waals surface area contributed by atoms with Crippen molar-refractivity contribution in [3.63, 3.8) is 0 Å². The topological polar surface area (TPSA) is 119 Å². The van der Waals surface area contributed by atoms with Crippen LogP contribution in [0.25, 0.3) is 0 Å². The van der Waals surface area contributed by atoms with Crippen LogP contribution in [-0.2, 0) is 23.9 Å². The first kappa shape index (κ1) is 19.2. The molecule has 1 saturated heterocycles. The predicted octanol–water partition coefficient (Wildman–Crippen LogP) is 0.339. The lowest BCUT2D eigenvalue weighted by Gasteiger charge is -2.56. The molecular weight excluding hydrogens is 362 g/mol. The van der Waals surface area contributed by atoms with E-state index >= 15 is 0 Å². The molecule has 0 aromatic rings. The van der Waals surface area contributed by atoms with E-state index in [4.69, 9.17) is 10.5 Å². The highest BCUT2D eigenvalue weighted by Crippen LogP contribution is 2.60. The Morgan fingerprint density at radius 1 is 1.04 bits per heavy atom. The van der Waals surface area contributed by atoms with Gasteiger partial charge in [0.1, 0.15) is 6.04 Å². The third kappa shape index (κ3) is 3.61. The van der Waals surface area contributed by atoms with Crippen molar-refractivity contribution < 1.29 is 23.9 Å².